The molecule has 4 heteroatoms. The van der Waals surface area contributed by atoms with Crippen molar-refractivity contribution in [1.29, 1.82) is 0 Å². The number of aromatic nitrogens is 2. The molecule has 4 aromatic rings. The third kappa shape index (κ3) is 2.45. The van der Waals surface area contributed by atoms with E-state index in [1.54, 1.807) is 0 Å². The Hall–Kier alpha value is -2.59. The summed E-state index contributed by atoms with van der Waals surface area (Å²) < 4.78 is 3.10. The van der Waals surface area contributed by atoms with Crippen molar-refractivity contribution in [1.82, 2.24) is 9.78 Å². The standard InChI is InChI=1S/C21H16BrN3/c22-17-7-9-18(10-8-17)25-21-19(11-12-23-21)20(24-25)16-6-5-14-3-1-2-4-15(14)13-16/h1-10,13,23H,11-12H2. The Morgan fingerprint density at radius 1 is 0.920 bits per heavy atom. The second kappa shape index (κ2) is 5.74. The number of nitrogens with one attached hydrogen (secondary N) is 1. The average molecular weight is 390 g/mol. The maximum absolute atomic E-state index is 4.95. The minimum atomic E-state index is 0.963. The lowest BCUT2D eigenvalue weighted by Crippen LogP contribution is -2.04. The summed E-state index contributed by atoms with van der Waals surface area (Å²) >= 11 is 3.50. The lowest BCUT2D eigenvalue weighted by atomic mass is 10.0. The number of benzene rings is 3. The maximum Gasteiger partial charge on any atom is 0.133 e. The average Bonchev–Trinajstić information content (AvgIpc) is 3.25. The van der Waals surface area contributed by atoms with Gasteiger partial charge in [0.05, 0.1) is 11.4 Å². The summed E-state index contributed by atoms with van der Waals surface area (Å²) in [5.41, 5.74) is 4.63. The fraction of sp³-hybridized carbons (Fsp3) is 0.0952. The molecular weight excluding hydrogens is 374 g/mol. The van der Waals surface area contributed by atoms with Gasteiger partial charge in [0.1, 0.15) is 5.82 Å². The largest absolute Gasteiger partial charge is 0.369 e. The molecule has 25 heavy (non-hydrogen) atoms. The van der Waals surface area contributed by atoms with Crippen molar-refractivity contribution in [2.75, 3.05) is 11.9 Å². The van der Waals surface area contributed by atoms with E-state index in [-0.39, 0.29) is 0 Å². The highest BCUT2D eigenvalue weighted by atomic mass is 79.9. The normalized spacial score (nSPS) is 13.0. The lowest BCUT2D eigenvalue weighted by molar-refractivity contribution is 0.882. The molecule has 1 aliphatic rings. The molecule has 0 fully saturated rings. The van der Waals surface area contributed by atoms with Gasteiger partial charge in [-0.05, 0) is 47.5 Å². The van der Waals surface area contributed by atoms with E-state index in [0.717, 1.165) is 34.6 Å². The molecule has 0 bridgehead atoms. The number of fused-ring (bicyclic) bond motifs is 2. The van der Waals surface area contributed by atoms with Crippen molar-refractivity contribution >= 4 is 32.5 Å². The molecule has 0 amide bonds. The molecule has 3 aromatic carbocycles. The molecule has 1 aromatic heterocycles. The summed E-state index contributed by atoms with van der Waals surface area (Å²) in [4.78, 5) is 0. The Morgan fingerprint density at radius 2 is 1.72 bits per heavy atom. The van der Waals surface area contributed by atoms with Crippen LogP contribution in [0.2, 0.25) is 0 Å². The van der Waals surface area contributed by atoms with E-state index < -0.39 is 0 Å². The molecule has 0 spiro atoms. The molecule has 2 heterocycles. The van der Waals surface area contributed by atoms with Gasteiger partial charge in [-0.1, -0.05) is 52.3 Å². The minimum Gasteiger partial charge on any atom is -0.369 e. The van der Waals surface area contributed by atoms with E-state index in [9.17, 15) is 0 Å². The third-order valence-corrected chi connectivity index (χ3v) is 5.27. The van der Waals surface area contributed by atoms with Crippen LogP contribution in [0.15, 0.2) is 71.2 Å². The molecule has 0 radical (unpaired) electrons. The van der Waals surface area contributed by atoms with Crippen LogP contribution in [0.4, 0.5) is 5.82 Å². The van der Waals surface area contributed by atoms with Crippen molar-refractivity contribution in [2.45, 2.75) is 6.42 Å². The Bertz CT molecular complexity index is 1080. The molecule has 0 aliphatic carbocycles. The summed E-state index contributed by atoms with van der Waals surface area (Å²) in [5.74, 6) is 1.12. The molecule has 1 N–H and O–H groups in total. The first kappa shape index (κ1) is 14.7. The first-order chi connectivity index (χ1) is 12.3. The Balaban J connectivity index is 1.68. The van der Waals surface area contributed by atoms with Crippen LogP contribution in [0.25, 0.3) is 27.7 Å². The van der Waals surface area contributed by atoms with Crippen LogP contribution >= 0.6 is 15.9 Å². The van der Waals surface area contributed by atoms with Gasteiger partial charge in [-0.25, -0.2) is 4.68 Å². The number of nitrogens with zero attached hydrogens (tertiary/aromatic N) is 2. The zero-order valence-electron chi connectivity index (χ0n) is 13.5. The highest BCUT2D eigenvalue weighted by Crippen LogP contribution is 2.35. The maximum atomic E-state index is 4.95. The van der Waals surface area contributed by atoms with Gasteiger partial charge >= 0.3 is 0 Å². The van der Waals surface area contributed by atoms with Gasteiger partial charge in [0.15, 0.2) is 0 Å². The Kier molecular flexibility index (Phi) is 3.38. The smallest absolute Gasteiger partial charge is 0.133 e. The minimum absolute atomic E-state index is 0.963. The molecule has 122 valence electrons. The van der Waals surface area contributed by atoms with Crippen molar-refractivity contribution in [2.24, 2.45) is 0 Å². The zero-order valence-corrected chi connectivity index (χ0v) is 15.1. The summed E-state index contributed by atoms with van der Waals surface area (Å²) in [6, 6.07) is 23.3. The predicted octanol–water partition coefficient (Wildman–Crippen LogP) is 5.42. The molecular formula is C21H16BrN3. The molecule has 0 saturated carbocycles. The van der Waals surface area contributed by atoms with E-state index >= 15 is 0 Å². The van der Waals surface area contributed by atoms with Gasteiger partial charge in [0, 0.05) is 22.1 Å². The Morgan fingerprint density at radius 3 is 2.56 bits per heavy atom. The van der Waals surface area contributed by atoms with Gasteiger partial charge in [0.2, 0.25) is 0 Å². The van der Waals surface area contributed by atoms with Crippen LogP contribution in [0, 0.1) is 0 Å². The van der Waals surface area contributed by atoms with Crippen molar-refractivity contribution < 1.29 is 0 Å². The van der Waals surface area contributed by atoms with Gasteiger partial charge in [-0.2, -0.15) is 5.10 Å². The Labute approximate surface area is 154 Å². The molecule has 1 aliphatic heterocycles. The summed E-state index contributed by atoms with van der Waals surface area (Å²) in [5, 5.41) is 11.0. The van der Waals surface area contributed by atoms with Gasteiger partial charge < -0.3 is 5.32 Å². The van der Waals surface area contributed by atoms with Gasteiger partial charge in [-0.15, -0.1) is 0 Å². The van der Waals surface area contributed by atoms with Crippen LogP contribution < -0.4 is 5.32 Å². The van der Waals surface area contributed by atoms with E-state index in [0.29, 0.717) is 0 Å². The van der Waals surface area contributed by atoms with E-state index in [4.69, 9.17) is 5.10 Å². The monoisotopic (exact) mass is 389 g/mol. The van der Waals surface area contributed by atoms with E-state index in [2.05, 4.69) is 75.8 Å². The molecule has 5 rings (SSSR count). The van der Waals surface area contributed by atoms with Crippen LogP contribution in [0.1, 0.15) is 5.56 Å². The topological polar surface area (TPSA) is 29.9 Å². The number of halogens is 1. The van der Waals surface area contributed by atoms with Crippen molar-refractivity contribution in [3.8, 4) is 16.9 Å². The third-order valence-electron chi connectivity index (χ3n) is 4.75. The quantitative estimate of drug-likeness (QED) is 0.495. The summed E-state index contributed by atoms with van der Waals surface area (Å²) in [7, 11) is 0. The molecule has 3 nitrogen and oxygen atoms in total. The summed E-state index contributed by atoms with van der Waals surface area (Å²) in [6.45, 7) is 0.963. The number of rotatable bonds is 2. The fourth-order valence-electron chi connectivity index (χ4n) is 3.51. The first-order valence-corrected chi connectivity index (χ1v) is 9.20. The highest BCUT2D eigenvalue weighted by molar-refractivity contribution is 9.10. The molecule has 0 atom stereocenters. The van der Waals surface area contributed by atoms with Crippen molar-refractivity contribution in [3.63, 3.8) is 0 Å². The van der Waals surface area contributed by atoms with Crippen LogP contribution in [0.5, 0.6) is 0 Å². The van der Waals surface area contributed by atoms with Gasteiger partial charge in [-0.3, -0.25) is 0 Å². The second-order valence-corrected chi connectivity index (χ2v) is 7.22. The van der Waals surface area contributed by atoms with Crippen LogP contribution in [0.3, 0.4) is 0 Å². The zero-order chi connectivity index (χ0) is 16.8. The fourth-order valence-corrected chi connectivity index (χ4v) is 3.78. The van der Waals surface area contributed by atoms with Crippen LogP contribution in [-0.2, 0) is 6.42 Å². The SMILES string of the molecule is Brc1ccc(-n2nc(-c3ccc4ccccc4c3)c3c2NCC3)cc1. The highest BCUT2D eigenvalue weighted by Gasteiger charge is 2.23. The molecule has 0 saturated heterocycles. The summed E-state index contributed by atoms with van der Waals surface area (Å²) in [6.07, 6.45) is 1.01. The predicted molar refractivity (Wildman–Crippen MR) is 106 cm³/mol. The first-order valence-electron chi connectivity index (χ1n) is 8.40. The van der Waals surface area contributed by atoms with Crippen molar-refractivity contribution in [3.05, 3.63) is 76.8 Å². The van der Waals surface area contributed by atoms with Gasteiger partial charge in [0.25, 0.3) is 0 Å². The number of hydrogen-bond donors (Lipinski definition) is 1. The second-order valence-electron chi connectivity index (χ2n) is 6.30. The van der Waals surface area contributed by atoms with E-state index in [1.807, 2.05) is 16.8 Å². The molecule has 0 unspecified atom stereocenters. The number of anilines is 1. The van der Waals surface area contributed by atoms with E-state index in [1.165, 1.54) is 21.9 Å². The van der Waals surface area contributed by atoms with Crippen LogP contribution in [-0.4, -0.2) is 16.3 Å². The number of hydrogen-bond acceptors (Lipinski definition) is 2. The lowest BCUT2D eigenvalue weighted by Gasteiger charge is -2.06.